The Kier molecular flexibility index (Phi) is 7.99. The standard InChI is InChI=1S/C27H29N5O3S2/c33-18-17-29-13-15-30(16-14-29)24-21(25(34)31-11-5-4-10-23(31)28-24)19-22-26(35)32(27(36)37-22)12-6-9-20-7-2-1-3-8-20/h1-5,7-8,10-11,19,33H,6,9,12-18H2/b22-19-. The van der Waals surface area contributed by atoms with E-state index in [1.54, 1.807) is 23.2 Å². The van der Waals surface area contributed by atoms with E-state index in [9.17, 15) is 14.7 Å². The number of nitrogens with zero attached hydrogens (tertiary/aromatic N) is 5. The first kappa shape index (κ1) is 25.6. The van der Waals surface area contributed by atoms with Gasteiger partial charge in [-0.3, -0.25) is 23.8 Å². The van der Waals surface area contributed by atoms with Crippen LogP contribution in [0.1, 0.15) is 17.5 Å². The number of hydrogen-bond acceptors (Lipinski definition) is 8. The second kappa shape index (κ2) is 11.6. The molecule has 0 bridgehead atoms. The molecule has 0 saturated carbocycles. The van der Waals surface area contributed by atoms with Gasteiger partial charge >= 0.3 is 0 Å². The minimum absolute atomic E-state index is 0.119. The number of thiocarbonyl (C=S) groups is 1. The van der Waals surface area contributed by atoms with Crippen LogP contribution in [-0.2, 0) is 11.2 Å². The highest BCUT2D eigenvalue weighted by Gasteiger charge is 2.33. The van der Waals surface area contributed by atoms with Gasteiger partial charge in [0, 0.05) is 45.5 Å². The lowest BCUT2D eigenvalue weighted by molar-refractivity contribution is -0.122. The zero-order chi connectivity index (χ0) is 25.8. The number of aliphatic hydroxyl groups excluding tert-OH is 1. The number of aliphatic hydroxyl groups is 1. The van der Waals surface area contributed by atoms with Crippen molar-refractivity contribution < 1.29 is 9.90 Å². The molecule has 0 spiro atoms. The van der Waals surface area contributed by atoms with Gasteiger partial charge in [-0.1, -0.05) is 60.4 Å². The van der Waals surface area contributed by atoms with Crippen LogP contribution in [0.5, 0.6) is 0 Å². The van der Waals surface area contributed by atoms with Gasteiger partial charge in [-0.15, -0.1) is 0 Å². The Hall–Kier alpha value is -3.05. The van der Waals surface area contributed by atoms with Crippen molar-refractivity contribution in [3.63, 3.8) is 0 Å². The zero-order valence-corrected chi connectivity index (χ0v) is 22.1. The Bertz CT molecular complexity index is 1380. The maximum atomic E-state index is 13.6. The molecule has 2 aliphatic heterocycles. The maximum absolute atomic E-state index is 13.6. The number of thioether (sulfide) groups is 1. The Labute approximate surface area is 225 Å². The topological polar surface area (TPSA) is 81.4 Å². The SMILES string of the molecule is O=C1/C(=C/c2c(N3CCN(CCO)CC3)nc3ccccn3c2=O)SC(=S)N1CCCc1ccccc1. The smallest absolute Gasteiger partial charge is 0.267 e. The number of amides is 1. The molecule has 10 heteroatoms. The van der Waals surface area contributed by atoms with E-state index in [2.05, 4.69) is 21.9 Å². The highest BCUT2D eigenvalue weighted by molar-refractivity contribution is 8.26. The number of rotatable bonds is 8. The fourth-order valence-corrected chi connectivity index (χ4v) is 5.98. The molecule has 0 unspecified atom stereocenters. The minimum atomic E-state index is -0.215. The van der Waals surface area contributed by atoms with Crippen molar-refractivity contribution in [3.05, 3.63) is 81.1 Å². The van der Waals surface area contributed by atoms with E-state index in [-0.39, 0.29) is 18.1 Å². The van der Waals surface area contributed by atoms with Crippen molar-refractivity contribution in [3.8, 4) is 0 Å². The molecule has 0 aliphatic carbocycles. The number of anilines is 1. The zero-order valence-electron chi connectivity index (χ0n) is 20.5. The fraction of sp³-hybridized carbons (Fsp3) is 0.333. The number of fused-ring (bicyclic) bond motifs is 1. The van der Waals surface area contributed by atoms with Gasteiger partial charge in [0.25, 0.3) is 11.5 Å². The van der Waals surface area contributed by atoms with Crippen molar-refractivity contribution in [2.45, 2.75) is 12.8 Å². The molecule has 3 aromatic rings. The third-order valence-electron chi connectivity index (χ3n) is 6.68. The summed E-state index contributed by atoms with van der Waals surface area (Å²) in [6.07, 6.45) is 5.02. The summed E-state index contributed by atoms with van der Waals surface area (Å²) in [5.74, 6) is 0.411. The van der Waals surface area contributed by atoms with E-state index in [0.29, 0.717) is 52.4 Å². The Morgan fingerprint density at radius 1 is 1.00 bits per heavy atom. The first-order chi connectivity index (χ1) is 18.0. The maximum Gasteiger partial charge on any atom is 0.267 e. The van der Waals surface area contributed by atoms with Crippen LogP contribution in [0.25, 0.3) is 11.7 Å². The van der Waals surface area contributed by atoms with Crippen LogP contribution in [0.3, 0.4) is 0 Å². The number of β-amino-alcohol motifs (C(OH)–C–C–N with tert-alkyl or cyclic N) is 1. The Balaban J connectivity index is 1.41. The van der Waals surface area contributed by atoms with Gasteiger partial charge in [0.1, 0.15) is 15.8 Å². The molecule has 2 saturated heterocycles. The number of pyridine rings is 1. The average Bonchev–Trinajstić information content (AvgIpc) is 3.19. The molecule has 8 nitrogen and oxygen atoms in total. The van der Waals surface area contributed by atoms with Crippen molar-refractivity contribution in [1.29, 1.82) is 0 Å². The fourth-order valence-electron chi connectivity index (χ4n) is 4.69. The quantitative estimate of drug-likeness (QED) is 0.348. The van der Waals surface area contributed by atoms with Crippen molar-refractivity contribution in [1.82, 2.24) is 19.2 Å². The molecule has 37 heavy (non-hydrogen) atoms. The van der Waals surface area contributed by atoms with Crippen molar-refractivity contribution in [2.75, 3.05) is 50.8 Å². The van der Waals surface area contributed by atoms with E-state index in [1.807, 2.05) is 30.3 Å². The summed E-state index contributed by atoms with van der Waals surface area (Å²) in [4.78, 5) is 38.1. The van der Waals surface area contributed by atoms with E-state index in [1.165, 1.54) is 21.7 Å². The minimum Gasteiger partial charge on any atom is -0.395 e. The van der Waals surface area contributed by atoms with Crippen molar-refractivity contribution >= 4 is 51.7 Å². The summed E-state index contributed by atoms with van der Waals surface area (Å²) >= 11 is 6.78. The lowest BCUT2D eigenvalue weighted by Gasteiger charge is -2.35. The van der Waals surface area contributed by atoms with Gasteiger partial charge in [-0.05, 0) is 36.6 Å². The van der Waals surface area contributed by atoms with Gasteiger partial charge in [0.2, 0.25) is 0 Å². The van der Waals surface area contributed by atoms with Crippen LogP contribution >= 0.6 is 24.0 Å². The lowest BCUT2D eigenvalue weighted by atomic mass is 10.1. The number of aromatic nitrogens is 2. The van der Waals surface area contributed by atoms with Crippen LogP contribution in [-0.4, -0.2) is 80.4 Å². The number of benzene rings is 1. The van der Waals surface area contributed by atoms with E-state index in [0.717, 1.165) is 25.9 Å². The van der Waals surface area contributed by atoms with Gasteiger partial charge in [-0.25, -0.2) is 4.98 Å². The van der Waals surface area contributed by atoms with E-state index >= 15 is 0 Å². The highest BCUT2D eigenvalue weighted by atomic mass is 32.2. The highest BCUT2D eigenvalue weighted by Crippen LogP contribution is 2.34. The molecule has 5 rings (SSSR count). The van der Waals surface area contributed by atoms with Crippen LogP contribution in [0.4, 0.5) is 5.82 Å². The molecule has 2 aliphatic rings. The summed E-state index contributed by atoms with van der Waals surface area (Å²) in [7, 11) is 0. The predicted molar refractivity (Wildman–Crippen MR) is 152 cm³/mol. The average molecular weight is 536 g/mol. The molecular formula is C27H29N5O3S2. The summed E-state index contributed by atoms with van der Waals surface area (Å²) in [6.45, 7) is 4.16. The number of carbonyl (C=O) groups excluding carboxylic acids is 1. The molecule has 0 atom stereocenters. The van der Waals surface area contributed by atoms with Gasteiger partial charge in [0.15, 0.2) is 0 Å². The molecular weight excluding hydrogens is 506 g/mol. The summed E-state index contributed by atoms with van der Waals surface area (Å²) < 4.78 is 2.02. The second-order valence-electron chi connectivity index (χ2n) is 9.06. The third-order valence-corrected chi connectivity index (χ3v) is 8.05. The summed E-state index contributed by atoms with van der Waals surface area (Å²) in [5.41, 5.74) is 1.96. The predicted octanol–water partition coefficient (Wildman–Crippen LogP) is 2.64. The number of hydrogen-bond donors (Lipinski definition) is 1. The van der Waals surface area contributed by atoms with E-state index in [4.69, 9.17) is 17.2 Å². The van der Waals surface area contributed by atoms with Gasteiger partial charge in [0.05, 0.1) is 17.1 Å². The number of carbonyl (C=O) groups is 1. The largest absolute Gasteiger partial charge is 0.395 e. The molecule has 2 fully saturated rings. The molecule has 1 N–H and O–H groups in total. The third kappa shape index (κ3) is 5.62. The molecule has 4 heterocycles. The Morgan fingerprint density at radius 2 is 1.76 bits per heavy atom. The monoisotopic (exact) mass is 535 g/mol. The van der Waals surface area contributed by atoms with E-state index < -0.39 is 0 Å². The summed E-state index contributed by atoms with van der Waals surface area (Å²) in [5, 5.41) is 9.27. The first-order valence-electron chi connectivity index (χ1n) is 12.4. The van der Waals surface area contributed by atoms with Crippen LogP contribution in [0.15, 0.2) is 64.4 Å². The van der Waals surface area contributed by atoms with Crippen LogP contribution < -0.4 is 10.5 Å². The molecule has 1 amide bonds. The van der Waals surface area contributed by atoms with Gasteiger partial charge in [-0.2, -0.15) is 0 Å². The molecule has 1 aromatic carbocycles. The van der Waals surface area contributed by atoms with Gasteiger partial charge < -0.3 is 10.0 Å². The molecule has 192 valence electrons. The second-order valence-corrected chi connectivity index (χ2v) is 10.7. The normalized spacial score (nSPS) is 17.9. The number of piperazine rings is 1. The summed E-state index contributed by atoms with van der Waals surface area (Å²) in [6, 6.07) is 15.6. The number of aryl methyl sites for hydroxylation is 1. The van der Waals surface area contributed by atoms with Crippen LogP contribution in [0, 0.1) is 0 Å². The van der Waals surface area contributed by atoms with Crippen LogP contribution in [0.2, 0.25) is 0 Å². The first-order valence-corrected chi connectivity index (χ1v) is 13.7. The molecule has 0 radical (unpaired) electrons. The lowest BCUT2D eigenvalue weighted by Crippen LogP contribution is -2.48. The Morgan fingerprint density at radius 3 is 2.51 bits per heavy atom. The molecule has 2 aromatic heterocycles. The van der Waals surface area contributed by atoms with Crippen molar-refractivity contribution in [2.24, 2.45) is 0 Å².